The quantitative estimate of drug-likeness (QED) is 0.274. The fourth-order valence-electron chi connectivity index (χ4n) is 5.90. The van der Waals surface area contributed by atoms with E-state index in [1.165, 1.54) is 28.8 Å². The molecule has 2 fully saturated rings. The molecule has 1 saturated carbocycles. The third-order valence-electron chi connectivity index (χ3n) is 8.57. The zero-order chi connectivity index (χ0) is 29.1. The average molecular weight is 579 g/mol. The Kier molecular flexibility index (Phi) is 8.34. The van der Waals surface area contributed by atoms with E-state index in [1.54, 1.807) is 0 Å². The van der Waals surface area contributed by atoms with Gasteiger partial charge in [0.15, 0.2) is 0 Å². The molecule has 0 radical (unpaired) electrons. The van der Waals surface area contributed by atoms with E-state index >= 15 is 0 Å². The minimum atomic E-state index is -0.197. The van der Waals surface area contributed by atoms with Crippen molar-refractivity contribution < 1.29 is 4.74 Å². The maximum absolute atomic E-state index is 6.74. The lowest BCUT2D eigenvalue weighted by atomic mass is 9.73. The van der Waals surface area contributed by atoms with Crippen LogP contribution in [0.4, 0.5) is 5.69 Å². The van der Waals surface area contributed by atoms with Gasteiger partial charge in [0.1, 0.15) is 5.82 Å². The molecular formula is C36H39ClN4O. The van der Waals surface area contributed by atoms with E-state index in [2.05, 4.69) is 90.1 Å². The molecule has 2 aliphatic rings. The highest BCUT2D eigenvalue weighted by Crippen LogP contribution is 2.39. The summed E-state index contributed by atoms with van der Waals surface area (Å²) in [4.78, 5) is 7.58. The molecule has 0 unspecified atom stereocenters. The molecule has 5 nitrogen and oxygen atoms in total. The number of halogens is 1. The molecule has 1 aromatic heterocycles. The van der Waals surface area contributed by atoms with Gasteiger partial charge in [0, 0.05) is 35.6 Å². The number of nitrogens with two attached hydrogens (primary N) is 1. The summed E-state index contributed by atoms with van der Waals surface area (Å²) in [6, 6.07) is 25.4. The monoisotopic (exact) mass is 578 g/mol. The Balaban J connectivity index is 1.45. The SMILES string of the molecule is CC/C=c1/c(=C\C=C(/C)c2cccc(N3CCOCC3)c2)nc(-c2ccccc2Cl)n1-c1ccc(C2(N)CCC2)cc1. The summed E-state index contributed by atoms with van der Waals surface area (Å²) in [5, 5.41) is 2.64. The van der Waals surface area contributed by atoms with Gasteiger partial charge in [0.05, 0.1) is 28.9 Å². The Labute approximate surface area is 253 Å². The summed E-state index contributed by atoms with van der Waals surface area (Å²) in [5.41, 5.74) is 13.2. The molecule has 42 heavy (non-hydrogen) atoms. The first-order chi connectivity index (χ1) is 20.5. The lowest BCUT2D eigenvalue weighted by Crippen LogP contribution is -2.43. The first kappa shape index (κ1) is 28.5. The Morgan fingerprint density at radius 3 is 2.45 bits per heavy atom. The van der Waals surface area contributed by atoms with Gasteiger partial charge in [-0.2, -0.15) is 0 Å². The number of imidazole rings is 1. The summed E-state index contributed by atoms with van der Waals surface area (Å²) in [6.07, 6.45) is 10.7. The van der Waals surface area contributed by atoms with Crippen LogP contribution in [0.3, 0.4) is 0 Å². The van der Waals surface area contributed by atoms with Crippen LogP contribution in [0.15, 0.2) is 78.9 Å². The number of hydrogen-bond acceptors (Lipinski definition) is 4. The Morgan fingerprint density at radius 1 is 1.00 bits per heavy atom. The van der Waals surface area contributed by atoms with E-state index in [-0.39, 0.29) is 5.54 Å². The fraction of sp³-hybridized carbons (Fsp3) is 0.306. The maximum atomic E-state index is 6.74. The van der Waals surface area contributed by atoms with Crippen LogP contribution in [0, 0.1) is 0 Å². The van der Waals surface area contributed by atoms with Gasteiger partial charge in [-0.15, -0.1) is 0 Å². The molecule has 6 rings (SSSR count). The van der Waals surface area contributed by atoms with Crippen molar-refractivity contribution in [2.75, 3.05) is 31.2 Å². The lowest BCUT2D eigenvalue weighted by molar-refractivity contribution is 0.122. The second-order valence-corrected chi connectivity index (χ2v) is 11.8. The highest BCUT2D eigenvalue weighted by molar-refractivity contribution is 6.33. The van der Waals surface area contributed by atoms with Crippen molar-refractivity contribution >= 4 is 35.0 Å². The molecule has 0 amide bonds. The van der Waals surface area contributed by atoms with Crippen molar-refractivity contribution in [3.8, 4) is 17.1 Å². The van der Waals surface area contributed by atoms with Gasteiger partial charge in [0.2, 0.25) is 0 Å². The normalized spacial score (nSPS) is 17.9. The minimum absolute atomic E-state index is 0.197. The highest BCUT2D eigenvalue weighted by Gasteiger charge is 2.34. The summed E-state index contributed by atoms with van der Waals surface area (Å²) in [5.74, 6) is 0.825. The van der Waals surface area contributed by atoms with Gasteiger partial charge in [-0.05, 0) is 91.8 Å². The molecule has 0 bridgehead atoms. The van der Waals surface area contributed by atoms with E-state index in [1.807, 2.05) is 24.3 Å². The third kappa shape index (κ3) is 5.69. The maximum Gasteiger partial charge on any atom is 0.147 e. The molecule has 1 aliphatic heterocycles. The summed E-state index contributed by atoms with van der Waals surface area (Å²) in [7, 11) is 0. The molecule has 0 spiro atoms. The van der Waals surface area contributed by atoms with Gasteiger partial charge in [0.25, 0.3) is 0 Å². The van der Waals surface area contributed by atoms with E-state index in [0.717, 1.165) is 73.3 Å². The number of hydrogen-bond donors (Lipinski definition) is 1. The van der Waals surface area contributed by atoms with Crippen molar-refractivity contribution in [2.24, 2.45) is 5.73 Å². The first-order valence-electron chi connectivity index (χ1n) is 15.0. The molecule has 6 heteroatoms. The van der Waals surface area contributed by atoms with Gasteiger partial charge < -0.3 is 15.4 Å². The van der Waals surface area contributed by atoms with Crippen LogP contribution >= 0.6 is 11.6 Å². The summed E-state index contributed by atoms with van der Waals surface area (Å²) >= 11 is 6.74. The topological polar surface area (TPSA) is 56.3 Å². The molecule has 1 saturated heterocycles. The van der Waals surface area contributed by atoms with Crippen LogP contribution in [0.5, 0.6) is 0 Å². The number of anilines is 1. The number of allylic oxidation sites excluding steroid dienone is 2. The van der Waals surface area contributed by atoms with E-state index in [0.29, 0.717) is 5.02 Å². The minimum Gasteiger partial charge on any atom is -0.378 e. The largest absolute Gasteiger partial charge is 0.378 e. The zero-order valence-electron chi connectivity index (χ0n) is 24.5. The number of benzene rings is 3. The van der Waals surface area contributed by atoms with Crippen LogP contribution in [0.1, 0.15) is 50.7 Å². The zero-order valence-corrected chi connectivity index (χ0v) is 25.3. The predicted molar refractivity (Wildman–Crippen MR) is 175 cm³/mol. The fourth-order valence-corrected chi connectivity index (χ4v) is 6.13. The van der Waals surface area contributed by atoms with Crippen molar-refractivity contribution in [1.29, 1.82) is 0 Å². The second kappa shape index (κ2) is 12.3. The van der Waals surface area contributed by atoms with Gasteiger partial charge in [-0.3, -0.25) is 4.57 Å². The van der Waals surface area contributed by atoms with Crippen LogP contribution in [0.25, 0.3) is 34.8 Å². The van der Waals surface area contributed by atoms with E-state index in [4.69, 9.17) is 27.1 Å². The molecule has 3 aromatic carbocycles. The average Bonchev–Trinajstić information content (AvgIpc) is 3.37. The second-order valence-electron chi connectivity index (χ2n) is 11.4. The van der Waals surface area contributed by atoms with Gasteiger partial charge in [-0.25, -0.2) is 4.98 Å². The van der Waals surface area contributed by atoms with Crippen LogP contribution in [-0.2, 0) is 10.3 Å². The smallest absolute Gasteiger partial charge is 0.147 e. The van der Waals surface area contributed by atoms with E-state index in [9.17, 15) is 0 Å². The van der Waals surface area contributed by atoms with E-state index < -0.39 is 0 Å². The number of rotatable bonds is 7. The predicted octanol–water partition coefficient (Wildman–Crippen LogP) is 6.44. The molecule has 2 N–H and O–H groups in total. The van der Waals surface area contributed by atoms with Crippen molar-refractivity contribution in [3.63, 3.8) is 0 Å². The number of morpholine rings is 1. The number of aromatic nitrogens is 2. The van der Waals surface area contributed by atoms with Crippen molar-refractivity contribution in [1.82, 2.24) is 9.55 Å². The Morgan fingerprint density at radius 2 is 1.76 bits per heavy atom. The Hall–Kier alpha value is -3.64. The first-order valence-corrected chi connectivity index (χ1v) is 15.4. The van der Waals surface area contributed by atoms with Gasteiger partial charge >= 0.3 is 0 Å². The third-order valence-corrected chi connectivity index (χ3v) is 8.90. The molecule has 1 aliphatic carbocycles. The number of nitrogens with zero attached hydrogens (tertiary/aromatic N) is 3. The molecule has 0 atom stereocenters. The number of ether oxygens (including phenoxy) is 1. The van der Waals surface area contributed by atoms with Crippen molar-refractivity contribution in [2.45, 2.75) is 45.1 Å². The van der Waals surface area contributed by atoms with Crippen LogP contribution in [-0.4, -0.2) is 35.9 Å². The lowest BCUT2D eigenvalue weighted by Gasteiger charge is -2.38. The molecule has 2 heterocycles. The highest BCUT2D eigenvalue weighted by atomic mass is 35.5. The van der Waals surface area contributed by atoms with Gasteiger partial charge in [-0.1, -0.05) is 67.1 Å². The summed E-state index contributed by atoms with van der Waals surface area (Å²) < 4.78 is 7.77. The Bertz CT molecular complexity index is 1710. The van der Waals surface area contributed by atoms with Crippen molar-refractivity contribution in [3.05, 3.63) is 106 Å². The molecule has 4 aromatic rings. The molecular weight excluding hydrogens is 540 g/mol. The van der Waals surface area contributed by atoms with Crippen LogP contribution < -0.4 is 21.3 Å². The molecule has 216 valence electrons. The standard InChI is InChI=1S/C36H39ClN4O/c1-3-8-34-33(18-13-26(2)27-9-6-10-30(25-27)40-21-23-42-24-22-40)39-35(31-11-4-5-12-32(31)37)41(34)29-16-14-28(15-17-29)36(38)19-7-20-36/h4-6,8-18,25H,3,7,19-24,38H2,1-2H3/b26-13+,33-18+,34-8-. The summed E-state index contributed by atoms with van der Waals surface area (Å²) in [6.45, 7) is 7.71. The van der Waals surface area contributed by atoms with Crippen LogP contribution in [0.2, 0.25) is 5.02 Å².